The van der Waals surface area contributed by atoms with Gasteiger partial charge in [0, 0.05) is 13.0 Å². The van der Waals surface area contributed by atoms with Gasteiger partial charge in [-0.15, -0.1) is 0 Å². The fraction of sp³-hybridized carbons (Fsp3) is 0.538. The predicted octanol–water partition coefficient (Wildman–Crippen LogP) is 1.38. The summed E-state index contributed by atoms with van der Waals surface area (Å²) in [5, 5.41) is 13.0. The highest BCUT2D eigenvalue weighted by molar-refractivity contribution is 7.07. The minimum Gasteiger partial charge on any atom is -0.479 e. The zero-order chi connectivity index (χ0) is 13.8. The number of carboxylic acids is 1. The number of hydrogen-bond donors (Lipinski definition) is 1. The van der Waals surface area contributed by atoms with Gasteiger partial charge in [0.15, 0.2) is 6.10 Å². The zero-order valence-corrected chi connectivity index (χ0v) is 11.6. The number of hydrogen-bond acceptors (Lipinski definition) is 4. The Morgan fingerprint density at radius 3 is 2.95 bits per heavy atom. The van der Waals surface area contributed by atoms with Crippen molar-refractivity contribution in [2.45, 2.75) is 32.0 Å². The molecular weight excluding hydrogens is 266 g/mol. The summed E-state index contributed by atoms with van der Waals surface area (Å²) in [6, 6.07) is 2.00. The van der Waals surface area contributed by atoms with E-state index in [1.807, 2.05) is 16.8 Å². The van der Waals surface area contributed by atoms with Crippen LogP contribution in [0.4, 0.5) is 0 Å². The first-order chi connectivity index (χ1) is 9.06. The summed E-state index contributed by atoms with van der Waals surface area (Å²) in [5.74, 6) is -1.02. The number of carbonyl (C=O) groups excluding carboxylic acids is 1. The molecular formula is C13H17NO4S. The summed E-state index contributed by atoms with van der Waals surface area (Å²) in [6.07, 6.45) is -0.0319. The molecule has 0 spiro atoms. The number of thiophene rings is 1. The van der Waals surface area contributed by atoms with Gasteiger partial charge in [0.1, 0.15) is 0 Å². The minimum atomic E-state index is -1.01. The van der Waals surface area contributed by atoms with Crippen LogP contribution < -0.4 is 0 Å². The Bertz CT molecular complexity index is 446. The summed E-state index contributed by atoms with van der Waals surface area (Å²) in [7, 11) is 0. The molecule has 5 nitrogen and oxygen atoms in total. The van der Waals surface area contributed by atoms with E-state index < -0.39 is 12.1 Å². The lowest BCUT2D eigenvalue weighted by molar-refractivity contribution is -0.166. The molecule has 6 heteroatoms. The van der Waals surface area contributed by atoms with E-state index in [1.54, 1.807) is 23.2 Å². The van der Waals surface area contributed by atoms with E-state index in [9.17, 15) is 9.59 Å². The van der Waals surface area contributed by atoms with Crippen LogP contribution in [0.1, 0.15) is 18.9 Å². The van der Waals surface area contributed by atoms with E-state index in [4.69, 9.17) is 9.84 Å². The number of ether oxygens (including phenoxy) is 1. The molecule has 2 atom stereocenters. The largest absolute Gasteiger partial charge is 0.479 e. The molecule has 1 aliphatic rings. The second-order valence-corrected chi connectivity index (χ2v) is 5.48. The maximum atomic E-state index is 12.1. The maximum absolute atomic E-state index is 12.1. The van der Waals surface area contributed by atoms with Crippen molar-refractivity contribution in [1.29, 1.82) is 0 Å². The summed E-state index contributed by atoms with van der Waals surface area (Å²) < 4.78 is 5.29. The fourth-order valence-electron chi connectivity index (χ4n) is 2.14. The highest BCUT2D eigenvalue weighted by atomic mass is 32.1. The Morgan fingerprint density at radius 1 is 1.53 bits per heavy atom. The highest BCUT2D eigenvalue weighted by Crippen LogP contribution is 2.14. The van der Waals surface area contributed by atoms with Crippen molar-refractivity contribution in [1.82, 2.24) is 4.90 Å². The van der Waals surface area contributed by atoms with E-state index in [0.29, 0.717) is 19.4 Å². The fourth-order valence-corrected chi connectivity index (χ4v) is 2.84. The molecule has 1 aromatic rings. The van der Waals surface area contributed by atoms with Crippen LogP contribution in [0.25, 0.3) is 0 Å². The second-order valence-electron chi connectivity index (χ2n) is 4.70. The Hall–Kier alpha value is -1.40. The molecule has 0 bridgehead atoms. The third-order valence-electron chi connectivity index (χ3n) is 3.10. The predicted molar refractivity (Wildman–Crippen MR) is 71.2 cm³/mol. The Kier molecular flexibility index (Phi) is 4.55. The third-order valence-corrected chi connectivity index (χ3v) is 3.83. The van der Waals surface area contributed by atoms with Crippen LogP contribution in [0.3, 0.4) is 0 Å². The van der Waals surface area contributed by atoms with E-state index in [0.717, 1.165) is 5.56 Å². The maximum Gasteiger partial charge on any atom is 0.334 e. The van der Waals surface area contributed by atoms with Gasteiger partial charge in [-0.2, -0.15) is 11.3 Å². The standard InChI is InChI=1S/C13H17NO4S/c1-9-6-14(7-11(18-9)13(16)17)12(15)3-2-10-4-5-19-8-10/h4-5,8-9,11H,2-3,6-7H2,1H3,(H,16,17)/t9-,11?/m1/s1. The molecule has 19 heavy (non-hydrogen) atoms. The Labute approximate surface area is 115 Å². The van der Waals surface area contributed by atoms with Crippen LogP contribution >= 0.6 is 11.3 Å². The van der Waals surface area contributed by atoms with Crippen molar-refractivity contribution >= 4 is 23.2 Å². The molecule has 0 aromatic carbocycles. The number of rotatable bonds is 4. The average molecular weight is 283 g/mol. The molecule has 1 amide bonds. The Balaban J connectivity index is 1.89. The lowest BCUT2D eigenvalue weighted by Gasteiger charge is -2.35. The van der Waals surface area contributed by atoms with Gasteiger partial charge in [-0.05, 0) is 35.7 Å². The highest BCUT2D eigenvalue weighted by Gasteiger charge is 2.32. The summed E-state index contributed by atoms with van der Waals surface area (Å²) in [4.78, 5) is 24.6. The molecule has 1 fully saturated rings. The van der Waals surface area contributed by atoms with Crippen LogP contribution in [-0.4, -0.2) is 47.2 Å². The molecule has 0 radical (unpaired) electrons. The molecule has 1 saturated heterocycles. The molecule has 2 rings (SSSR count). The third kappa shape index (κ3) is 3.78. The van der Waals surface area contributed by atoms with Crippen LogP contribution in [0.15, 0.2) is 16.8 Å². The summed E-state index contributed by atoms with van der Waals surface area (Å²) >= 11 is 1.61. The molecule has 1 unspecified atom stereocenters. The van der Waals surface area contributed by atoms with Crippen LogP contribution in [-0.2, 0) is 20.7 Å². The van der Waals surface area contributed by atoms with Gasteiger partial charge < -0.3 is 14.7 Å². The molecule has 0 saturated carbocycles. The van der Waals surface area contributed by atoms with E-state index in [1.165, 1.54) is 0 Å². The van der Waals surface area contributed by atoms with Crippen molar-refractivity contribution in [2.24, 2.45) is 0 Å². The zero-order valence-electron chi connectivity index (χ0n) is 10.7. The van der Waals surface area contributed by atoms with Crippen molar-refractivity contribution in [2.75, 3.05) is 13.1 Å². The number of aliphatic carboxylic acids is 1. The van der Waals surface area contributed by atoms with Crippen molar-refractivity contribution in [3.8, 4) is 0 Å². The number of carbonyl (C=O) groups is 2. The molecule has 1 aliphatic heterocycles. The number of nitrogens with zero attached hydrogens (tertiary/aromatic N) is 1. The van der Waals surface area contributed by atoms with Crippen LogP contribution in [0.2, 0.25) is 0 Å². The van der Waals surface area contributed by atoms with Gasteiger partial charge in [0.25, 0.3) is 0 Å². The van der Waals surface area contributed by atoms with Gasteiger partial charge in [-0.1, -0.05) is 0 Å². The second kappa shape index (κ2) is 6.16. The van der Waals surface area contributed by atoms with E-state index in [2.05, 4.69) is 0 Å². The van der Waals surface area contributed by atoms with Crippen LogP contribution in [0, 0.1) is 0 Å². The van der Waals surface area contributed by atoms with E-state index >= 15 is 0 Å². The Morgan fingerprint density at radius 2 is 2.32 bits per heavy atom. The monoisotopic (exact) mass is 283 g/mol. The van der Waals surface area contributed by atoms with Crippen molar-refractivity contribution in [3.05, 3.63) is 22.4 Å². The van der Waals surface area contributed by atoms with Gasteiger partial charge in [-0.3, -0.25) is 4.79 Å². The van der Waals surface area contributed by atoms with E-state index in [-0.39, 0.29) is 18.6 Å². The quantitative estimate of drug-likeness (QED) is 0.906. The van der Waals surface area contributed by atoms with Crippen molar-refractivity contribution in [3.63, 3.8) is 0 Å². The number of morpholine rings is 1. The lowest BCUT2D eigenvalue weighted by atomic mass is 10.1. The molecule has 1 N–H and O–H groups in total. The first-order valence-corrected chi connectivity index (χ1v) is 7.17. The van der Waals surface area contributed by atoms with Crippen molar-refractivity contribution < 1.29 is 19.4 Å². The van der Waals surface area contributed by atoms with Gasteiger partial charge in [0.2, 0.25) is 5.91 Å². The van der Waals surface area contributed by atoms with Gasteiger partial charge in [0.05, 0.1) is 12.6 Å². The van der Waals surface area contributed by atoms with Gasteiger partial charge >= 0.3 is 5.97 Å². The number of amides is 1. The number of aryl methyl sites for hydroxylation is 1. The van der Waals surface area contributed by atoms with Gasteiger partial charge in [-0.25, -0.2) is 4.79 Å². The lowest BCUT2D eigenvalue weighted by Crippen LogP contribution is -2.51. The first-order valence-electron chi connectivity index (χ1n) is 6.23. The first kappa shape index (κ1) is 14.0. The molecule has 2 heterocycles. The smallest absolute Gasteiger partial charge is 0.334 e. The van der Waals surface area contributed by atoms with Crippen LogP contribution in [0.5, 0.6) is 0 Å². The normalized spacial score (nSPS) is 23.3. The SMILES string of the molecule is C[C@@H]1CN(C(=O)CCc2ccsc2)CC(C(=O)O)O1. The summed E-state index contributed by atoms with van der Waals surface area (Å²) in [6.45, 7) is 2.39. The number of carboxylic acid groups (broad SMARTS) is 1. The molecule has 1 aromatic heterocycles. The molecule has 104 valence electrons. The minimum absolute atomic E-state index is 0.00685. The molecule has 0 aliphatic carbocycles. The topological polar surface area (TPSA) is 66.8 Å². The summed E-state index contributed by atoms with van der Waals surface area (Å²) in [5.41, 5.74) is 1.15. The average Bonchev–Trinajstić information content (AvgIpc) is 2.88.